The number of hydrogen-bond donors (Lipinski definition) is 2. The maximum absolute atomic E-state index is 13.1. The van der Waals surface area contributed by atoms with Gasteiger partial charge in [0.15, 0.2) is 5.13 Å². The number of aromatic nitrogens is 1. The van der Waals surface area contributed by atoms with E-state index in [-0.39, 0.29) is 15.7 Å². The molecule has 1 amide bonds. The Labute approximate surface area is 193 Å². The normalized spacial score (nSPS) is 12.6. The lowest BCUT2D eigenvalue weighted by Crippen LogP contribution is -2.13. The molecule has 1 heterocycles. The zero-order valence-electron chi connectivity index (χ0n) is 16.6. The van der Waals surface area contributed by atoms with Crippen molar-refractivity contribution < 1.29 is 39.6 Å². The van der Waals surface area contributed by atoms with Crippen molar-refractivity contribution in [3.05, 3.63) is 76.8 Å². The maximum Gasteiger partial charge on any atom is 0.416 e. The second-order valence-corrected chi connectivity index (χ2v) is 9.16. The molecule has 34 heavy (non-hydrogen) atoms. The van der Waals surface area contributed by atoms with Crippen LogP contribution in [0.15, 0.2) is 65.0 Å². The van der Waals surface area contributed by atoms with Gasteiger partial charge in [-0.3, -0.25) is 9.52 Å². The highest BCUT2D eigenvalue weighted by atomic mass is 32.2. The van der Waals surface area contributed by atoms with Gasteiger partial charge in [0.2, 0.25) is 5.91 Å². The zero-order chi connectivity index (χ0) is 25.1. The number of carbonyl (C=O) groups excluding carboxylic acids is 1. The van der Waals surface area contributed by atoms with Crippen molar-refractivity contribution in [3.63, 3.8) is 0 Å². The fourth-order valence-electron chi connectivity index (χ4n) is 2.65. The molecule has 14 heteroatoms. The van der Waals surface area contributed by atoms with E-state index < -0.39 is 45.0 Å². The number of sulfonamides is 1. The van der Waals surface area contributed by atoms with Gasteiger partial charge in [0, 0.05) is 23.3 Å². The van der Waals surface area contributed by atoms with Gasteiger partial charge < -0.3 is 5.32 Å². The lowest BCUT2D eigenvalue weighted by Gasteiger charge is -2.13. The summed E-state index contributed by atoms with van der Waals surface area (Å²) in [7, 11) is -3.94. The van der Waals surface area contributed by atoms with Gasteiger partial charge in [0.05, 0.1) is 16.0 Å². The predicted octanol–water partition coefficient (Wildman–Crippen LogP) is 5.63. The number of amides is 1. The summed E-state index contributed by atoms with van der Waals surface area (Å²) >= 11 is 1.07. The molecule has 0 radical (unpaired) electrons. The van der Waals surface area contributed by atoms with E-state index in [1.807, 2.05) is 0 Å². The van der Waals surface area contributed by atoms with E-state index in [1.165, 1.54) is 30.5 Å². The first-order valence-electron chi connectivity index (χ1n) is 9.05. The number of alkyl halides is 6. The standard InChI is InChI=1S/C20H13F6N3O3S2/c21-19(22,23)13-2-7-16(20(24,25)26)12(11-13)1-8-17(30)28-14-3-5-15(6-4-14)34(31,32)29-18-27-9-10-33-18/h1-11H,(H,27,29)(H,28,30)/b8-1+. The molecule has 0 aliphatic heterocycles. The van der Waals surface area contributed by atoms with Crippen molar-refractivity contribution in [2.24, 2.45) is 0 Å². The molecule has 1 aromatic heterocycles. The molecule has 0 aliphatic carbocycles. The first-order chi connectivity index (χ1) is 15.8. The number of benzene rings is 2. The topological polar surface area (TPSA) is 88.2 Å². The van der Waals surface area contributed by atoms with Gasteiger partial charge in [0.1, 0.15) is 0 Å². The average Bonchev–Trinajstić information content (AvgIpc) is 3.23. The molecule has 3 aromatic rings. The van der Waals surface area contributed by atoms with E-state index >= 15 is 0 Å². The molecule has 0 atom stereocenters. The molecule has 3 rings (SSSR count). The Morgan fingerprint density at radius 1 is 0.971 bits per heavy atom. The third-order valence-corrected chi connectivity index (χ3v) is 6.36. The highest BCUT2D eigenvalue weighted by Gasteiger charge is 2.36. The van der Waals surface area contributed by atoms with E-state index in [0.29, 0.717) is 30.4 Å². The Bertz CT molecular complexity index is 1300. The molecule has 0 spiro atoms. The summed E-state index contributed by atoms with van der Waals surface area (Å²) in [4.78, 5) is 15.7. The van der Waals surface area contributed by atoms with Crippen LogP contribution in [0.1, 0.15) is 16.7 Å². The third kappa shape index (κ3) is 6.35. The Morgan fingerprint density at radius 2 is 1.65 bits per heavy atom. The number of anilines is 2. The van der Waals surface area contributed by atoms with Crippen LogP contribution < -0.4 is 10.0 Å². The number of nitrogens with zero attached hydrogens (tertiary/aromatic N) is 1. The second kappa shape index (κ2) is 9.46. The Morgan fingerprint density at radius 3 is 2.21 bits per heavy atom. The molecule has 0 saturated carbocycles. The molecule has 180 valence electrons. The van der Waals surface area contributed by atoms with Gasteiger partial charge in [-0.15, -0.1) is 11.3 Å². The summed E-state index contributed by atoms with van der Waals surface area (Å²) in [5.41, 5.74) is -3.38. The number of nitrogens with one attached hydrogen (secondary N) is 2. The van der Waals surface area contributed by atoms with Crippen molar-refractivity contribution in [3.8, 4) is 0 Å². The summed E-state index contributed by atoms with van der Waals surface area (Å²) in [5, 5.41) is 4.00. The van der Waals surface area contributed by atoms with Crippen LogP contribution in [0.5, 0.6) is 0 Å². The van der Waals surface area contributed by atoms with Gasteiger partial charge in [-0.05, 0) is 54.1 Å². The van der Waals surface area contributed by atoms with Gasteiger partial charge >= 0.3 is 12.4 Å². The molecule has 0 fully saturated rings. The Balaban J connectivity index is 1.75. The van der Waals surface area contributed by atoms with Crippen LogP contribution in [-0.2, 0) is 27.2 Å². The monoisotopic (exact) mass is 521 g/mol. The number of carbonyl (C=O) groups is 1. The van der Waals surface area contributed by atoms with Crippen LogP contribution in [0.3, 0.4) is 0 Å². The van der Waals surface area contributed by atoms with E-state index in [0.717, 1.165) is 11.3 Å². The van der Waals surface area contributed by atoms with E-state index in [9.17, 15) is 39.6 Å². The predicted molar refractivity (Wildman–Crippen MR) is 113 cm³/mol. The average molecular weight is 521 g/mol. The number of thiazole rings is 1. The lowest BCUT2D eigenvalue weighted by molar-refractivity contribution is -0.141. The molecule has 0 saturated heterocycles. The minimum atomic E-state index is -4.94. The fraction of sp³-hybridized carbons (Fsp3) is 0.100. The minimum absolute atomic E-state index is 0.0999. The molecule has 2 aromatic carbocycles. The van der Waals surface area contributed by atoms with Crippen molar-refractivity contribution in [2.45, 2.75) is 17.2 Å². The number of hydrogen-bond acceptors (Lipinski definition) is 5. The maximum atomic E-state index is 13.1. The number of halogens is 6. The van der Waals surface area contributed by atoms with Crippen LogP contribution in [-0.4, -0.2) is 19.3 Å². The van der Waals surface area contributed by atoms with Gasteiger partial charge in [-0.2, -0.15) is 26.3 Å². The highest BCUT2D eigenvalue weighted by Crippen LogP contribution is 2.37. The highest BCUT2D eigenvalue weighted by molar-refractivity contribution is 7.93. The summed E-state index contributed by atoms with van der Waals surface area (Å²) in [6, 6.07) is 5.69. The minimum Gasteiger partial charge on any atom is -0.323 e. The summed E-state index contributed by atoms with van der Waals surface area (Å²) in [5.74, 6) is -0.943. The lowest BCUT2D eigenvalue weighted by atomic mass is 10.0. The van der Waals surface area contributed by atoms with E-state index in [1.54, 1.807) is 5.38 Å². The van der Waals surface area contributed by atoms with Crippen LogP contribution in [0.4, 0.5) is 37.2 Å². The first kappa shape index (κ1) is 25.2. The fourth-order valence-corrected chi connectivity index (χ4v) is 4.44. The van der Waals surface area contributed by atoms with Gasteiger partial charge in [0.25, 0.3) is 10.0 Å². The van der Waals surface area contributed by atoms with Crippen LogP contribution in [0.25, 0.3) is 6.08 Å². The Hall–Kier alpha value is -3.39. The third-order valence-electron chi connectivity index (χ3n) is 4.18. The molecule has 2 N–H and O–H groups in total. The van der Waals surface area contributed by atoms with Gasteiger partial charge in [-0.25, -0.2) is 13.4 Å². The largest absolute Gasteiger partial charge is 0.416 e. The van der Waals surface area contributed by atoms with E-state index in [4.69, 9.17) is 0 Å². The van der Waals surface area contributed by atoms with Gasteiger partial charge in [-0.1, -0.05) is 0 Å². The molecule has 0 aliphatic rings. The smallest absolute Gasteiger partial charge is 0.323 e. The molecule has 6 nitrogen and oxygen atoms in total. The number of rotatable bonds is 6. The summed E-state index contributed by atoms with van der Waals surface area (Å²) in [6.45, 7) is 0. The SMILES string of the molecule is O=C(/C=C/c1cc(C(F)(F)F)ccc1C(F)(F)F)Nc1ccc(S(=O)(=O)Nc2nccs2)cc1. The van der Waals surface area contributed by atoms with Crippen LogP contribution in [0.2, 0.25) is 0 Å². The summed E-state index contributed by atoms with van der Waals surface area (Å²) < 4.78 is 105. The second-order valence-electron chi connectivity index (χ2n) is 6.59. The molecule has 0 unspecified atom stereocenters. The van der Waals surface area contributed by atoms with Crippen molar-refractivity contribution in [1.82, 2.24) is 4.98 Å². The molecular weight excluding hydrogens is 508 g/mol. The van der Waals surface area contributed by atoms with Crippen molar-refractivity contribution in [1.29, 1.82) is 0 Å². The van der Waals surface area contributed by atoms with Crippen molar-refractivity contribution >= 4 is 44.2 Å². The first-order valence-corrected chi connectivity index (χ1v) is 11.4. The summed E-state index contributed by atoms with van der Waals surface area (Å²) in [6.07, 6.45) is -7.14. The Kier molecular flexibility index (Phi) is 7.02. The molecule has 0 bridgehead atoms. The quantitative estimate of drug-likeness (QED) is 0.325. The van der Waals surface area contributed by atoms with Crippen molar-refractivity contribution in [2.75, 3.05) is 10.0 Å². The molecular formula is C20H13F6N3O3S2. The van der Waals surface area contributed by atoms with E-state index in [2.05, 4.69) is 15.0 Å². The van der Waals surface area contributed by atoms with Crippen LogP contribution >= 0.6 is 11.3 Å². The van der Waals surface area contributed by atoms with Crippen LogP contribution in [0, 0.1) is 0 Å². The zero-order valence-corrected chi connectivity index (χ0v) is 18.2.